The number of hydrogen-bond acceptors (Lipinski definition) is 4. The lowest BCUT2D eigenvalue weighted by molar-refractivity contribution is 0.00578. The van der Waals surface area contributed by atoms with Crippen molar-refractivity contribution in [2.24, 2.45) is 0 Å². The summed E-state index contributed by atoms with van der Waals surface area (Å²) in [5.74, 6) is 0.142. The number of benzene rings is 1. The predicted molar refractivity (Wildman–Crippen MR) is 73.4 cm³/mol. The molecule has 5 heteroatoms. The SMILES string of the molecule is [2H]C([2H])([2H])Oc1ccc(C#N)c(B2OC(C)(C)C(C)(C)O2)c1. The van der Waals surface area contributed by atoms with Gasteiger partial charge in [0.15, 0.2) is 0 Å². The average molecular weight is 262 g/mol. The van der Waals surface area contributed by atoms with Gasteiger partial charge >= 0.3 is 7.12 Å². The fourth-order valence-corrected chi connectivity index (χ4v) is 1.87. The second kappa shape index (κ2) is 4.55. The molecule has 19 heavy (non-hydrogen) atoms. The van der Waals surface area contributed by atoms with Crippen LogP contribution in [0.1, 0.15) is 37.4 Å². The molecule has 1 saturated heterocycles. The van der Waals surface area contributed by atoms with Gasteiger partial charge in [-0.25, -0.2) is 0 Å². The molecule has 1 heterocycles. The summed E-state index contributed by atoms with van der Waals surface area (Å²) in [6, 6.07) is 6.49. The van der Waals surface area contributed by atoms with Crippen LogP contribution in [-0.2, 0) is 9.31 Å². The second-order valence-corrected chi connectivity index (χ2v) is 5.55. The molecule has 0 spiro atoms. The summed E-state index contributed by atoms with van der Waals surface area (Å²) in [5, 5.41) is 9.25. The third kappa shape index (κ3) is 2.34. The van der Waals surface area contributed by atoms with E-state index < -0.39 is 25.4 Å². The van der Waals surface area contributed by atoms with Crippen LogP contribution in [-0.4, -0.2) is 25.4 Å². The zero-order chi connectivity index (χ0) is 16.8. The minimum Gasteiger partial charge on any atom is -0.497 e. The van der Waals surface area contributed by atoms with Crippen molar-refractivity contribution >= 4 is 12.6 Å². The van der Waals surface area contributed by atoms with Gasteiger partial charge in [-0.15, -0.1) is 0 Å². The number of ether oxygens (including phenoxy) is 1. The molecule has 100 valence electrons. The standard InChI is InChI=1S/C14H18BNO3/c1-13(2)14(3,4)19-15(18-13)12-8-11(17-5)7-6-10(12)9-16/h6-8H,1-5H3/i5D3. The number of methoxy groups -OCH3 is 1. The molecule has 1 aromatic carbocycles. The predicted octanol–water partition coefficient (Wildman–Crippen LogP) is 1.87. The third-order valence-corrected chi connectivity index (χ3v) is 3.77. The van der Waals surface area contributed by atoms with E-state index in [4.69, 9.17) is 18.2 Å². The van der Waals surface area contributed by atoms with E-state index in [1.165, 1.54) is 18.2 Å². The Bertz CT molecular complexity index is 607. The van der Waals surface area contributed by atoms with Gasteiger partial charge in [0, 0.05) is 5.46 Å². The third-order valence-electron chi connectivity index (χ3n) is 3.77. The fraction of sp³-hybridized carbons (Fsp3) is 0.500. The molecule has 1 fully saturated rings. The molecule has 1 aliphatic rings. The van der Waals surface area contributed by atoms with Gasteiger partial charge in [0.05, 0.1) is 34.0 Å². The quantitative estimate of drug-likeness (QED) is 0.763. The van der Waals surface area contributed by atoms with Crippen molar-refractivity contribution in [2.75, 3.05) is 7.04 Å². The van der Waals surface area contributed by atoms with Crippen LogP contribution in [0, 0.1) is 11.3 Å². The van der Waals surface area contributed by atoms with Crippen LogP contribution in [0.15, 0.2) is 18.2 Å². The number of hydrogen-bond donors (Lipinski definition) is 0. The largest absolute Gasteiger partial charge is 0.497 e. The topological polar surface area (TPSA) is 51.5 Å². The van der Waals surface area contributed by atoms with Crippen LogP contribution in [0.3, 0.4) is 0 Å². The molecule has 0 N–H and O–H groups in total. The van der Waals surface area contributed by atoms with Crippen LogP contribution in [0.2, 0.25) is 0 Å². The van der Waals surface area contributed by atoms with Gasteiger partial charge in [-0.3, -0.25) is 0 Å². The van der Waals surface area contributed by atoms with Gasteiger partial charge in [-0.2, -0.15) is 5.26 Å². The Morgan fingerprint density at radius 2 is 1.89 bits per heavy atom. The first-order valence-corrected chi connectivity index (χ1v) is 6.04. The van der Waals surface area contributed by atoms with Crippen LogP contribution >= 0.6 is 0 Å². The molecule has 0 amide bonds. The summed E-state index contributed by atoms with van der Waals surface area (Å²) < 4.78 is 38.2. The normalized spacial score (nSPS) is 23.1. The van der Waals surface area contributed by atoms with E-state index in [0.29, 0.717) is 11.0 Å². The van der Waals surface area contributed by atoms with E-state index in [9.17, 15) is 5.26 Å². The van der Waals surface area contributed by atoms with Crippen molar-refractivity contribution in [1.29, 1.82) is 5.26 Å². The first-order valence-electron chi connectivity index (χ1n) is 7.54. The Morgan fingerprint density at radius 3 is 2.42 bits per heavy atom. The van der Waals surface area contributed by atoms with Crippen molar-refractivity contribution in [3.05, 3.63) is 23.8 Å². The summed E-state index contributed by atoms with van der Waals surface area (Å²) >= 11 is 0. The Labute approximate surface area is 118 Å². The Hall–Kier alpha value is -1.51. The van der Waals surface area contributed by atoms with Crippen molar-refractivity contribution in [2.45, 2.75) is 38.9 Å². The molecule has 4 nitrogen and oxygen atoms in total. The van der Waals surface area contributed by atoms with E-state index in [2.05, 4.69) is 6.07 Å². The maximum absolute atomic E-state index is 9.25. The molecule has 1 aromatic rings. The summed E-state index contributed by atoms with van der Waals surface area (Å²) in [7, 11) is -3.30. The molecular weight excluding hydrogens is 241 g/mol. The maximum atomic E-state index is 9.25. The number of nitriles is 1. The minimum atomic E-state index is -2.55. The van der Waals surface area contributed by atoms with Crippen molar-refractivity contribution in [3.63, 3.8) is 0 Å². The molecule has 0 aromatic heterocycles. The maximum Gasteiger partial charge on any atom is 0.496 e. The van der Waals surface area contributed by atoms with Crippen LogP contribution in [0.4, 0.5) is 0 Å². The van der Waals surface area contributed by atoms with Gasteiger partial charge in [-0.1, -0.05) is 0 Å². The molecule has 0 radical (unpaired) electrons. The van der Waals surface area contributed by atoms with Gasteiger partial charge in [0.25, 0.3) is 0 Å². The molecule has 0 aliphatic carbocycles. The van der Waals surface area contributed by atoms with Crippen LogP contribution in [0.25, 0.3) is 0 Å². The first kappa shape index (κ1) is 10.3. The Kier molecular flexibility index (Phi) is 2.47. The van der Waals surface area contributed by atoms with Gasteiger partial charge < -0.3 is 14.0 Å². The van der Waals surface area contributed by atoms with E-state index in [0.717, 1.165) is 0 Å². The van der Waals surface area contributed by atoms with E-state index in [-0.39, 0.29) is 5.75 Å². The highest BCUT2D eigenvalue weighted by Gasteiger charge is 2.52. The van der Waals surface area contributed by atoms with E-state index in [1.807, 2.05) is 27.7 Å². The molecule has 0 saturated carbocycles. The highest BCUT2D eigenvalue weighted by Crippen LogP contribution is 2.36. The van der Waals surface area contributed by atoms with E-state index >= 15 is 0 Å². The summed E-state index contributed by atoms with van der Waals surface area (Å²) in [4.78, 5) is 0. The zero-order valence-electron chi connectivity index (χ0n) is 14.5. The molecule has 1 aliphatic heterocycles. The molecular formula is C14H18BNO3. The second-order valence-electron chi connectivity index (χ2n) is 5.55. The number of nitrogens with zero attached hydrogens (tertiary/aromatic N) is 1. The highest BCUT2D eigenvalue weighted by molar-refractivity contribution is 6.63. The summed E-state index contributed by atoms with van der Waals surface area (Å²) in [6.45, 7) is 7.62. The Balaban J connectivity index is 2.38. The molecule has 0 bridgehead atoms. The minimum absolute atomic E-state index is 0.142. The lowest BCUT2D eigenvalue weighted by Crippen LogP contribution is -2.41. The van der Waals surface area contributed by atoms with Crippen LogP contribution < -0.4 is 10.2 Å². The van der Waals surface area contributed by atoms with Gasteiger partial charge in [0.1, 0.15) is 5.75 Å². The number of rotatable bonds is 2. The zero-order valence-corrected chi connectivity index (χ0v) is 11.5. The van der Waals surface area contributed by atoms with Gasteiger partial charge in [0.2, 0.25) is 0 Å². The van der Waals surface area contributed by atoms with Crippen molar-refractivity contribution in [3.8, 4) is 11.8 Å². The molecule has 0 unspecified atom stereocenters. The van der Waals surface area contributed by atoms with Gasteiger partial charge in [-0.05, 0) is 45.9 Å². The lowest BCUT2D eigenvalue weighted by atomic mass is 9.76. The lowest BCUT2D eigenvalue weighted by Gasteiger charge is -2.32. The molecule has 0 atom stereocenters. The monoisotopic (exact) mass is 262 g/mol. The smallest absolute Gasteiger partial charge is 0.496 e. The van der Waals surface area contributed by atoms with E-state index in [1.54, 1.807) is 0 Å². The average Bonchev–Trinajstić information content (AvgIpc) is 2.56. The Morgan fingerprint density at radius 1 is 1.26 bits per heavy atom. The first-order chi connectivity index (χ1) is 9.95. The van der Waals surface area contributed by atoms with Crippen molar-refractivity contribution in [1.82, 2.24) is 0 Å². The van der Waals surface area contributed by atoms with Crippen molar-refractivity contribution < 1.29 is 18.2 Å². The van der Waals surface area contributed by atoms with Crippen LogP contribution in [0.5, 0.6) is 5.75 Å². The summed E-state index contributed by atoms with van der Waals surface area (Å²) in [6.07, 6.45) is 0. The highest BCUT2D eigenvalue weighted by atomic mass is 16.7. The fourth-order valence-electron chi connectivity index (χ4n) is 1.87. The summed E-state index contributed by atoms with van der Waals surface area (Å²) in [5.41, 5.74) is -0.282. The molecule has 2 rings (SSSR count).